The van der Waals surface area contributed by atoms with Gasteiger partial charge in [-0.25, -0.2) is 15.0 Å². The smallest absolute Gasteiger partial charge is 0.161 e. The predicted molar refractivity (Wildman–Crippen MR) is 90.1 cm³/mol. The van der Waals surface area contributed by atoms with Gasteiger partial charge in [0.25, 0.3) is 0 Å². The number of nitrogens with zero attached hydrogens (tertiary/aromatic N) is 3. The van der Waals surface area contributed by atoms with Crippen LogP contribution in [0.1, 0.15) is 23.2 Å². The zero-order valence-electron chi connectivity index (χ0n) is 12.6. The summed E-state index contributed by atoms with van der Waals surface area (Å²) in [5.74, 6) is 0.409. The third-order valence-corrected chi connectivity index (χ3v) is 3.96. The van der Waals surface area contributed by atoms with Crippen LogP contribution in [-0.2, 0) is 0 Å². The number of aliphatic hydroxyl groups excluding tert-OH is 1. The minimum absolute atomic E-state index is 0.409. The first-order chi connectivity index (χ1) is 11.2. The van der Waals surface area contributed by atoms with Crippen LogP contribution >= 0.6 is 0 Å². The van der Waals surface area contributed by atoms with Crippen molar-refractivity contribution in [2.75, 3.05) is 0 Å². The Hall–Kier alpha value is -2.85. The average molecular weight is 301 g/mol. The highest BCUT2D eigenvalue weighted by Crippen LogP contribution is 2.32. The molecule has 23 heavy (non-hydrogen) atoms. The molecular weight excluding hydrogens is 286 g/mol. The summed E-state index contributed by atoms with van der Waals surface area (Å²) in [6, 6.07) is 17.5. The molecule has 4 nitrogen and oxygen atoms in total. The second kappa shape index (κ2) is 5.41. The van der Waals surface area contributed by atoms with Crippen molar-refractivity contribution in [3.63, 3.8) is 0 Å². The topological polar surface area (TPSA) is 58.9 Å². The minimum atomic E-state index is -0.896. The zero-order valence-corrected chi connectivity index (χ0v) is 12.6. The van der Waals surface area contributed by atoms with Crippen molar-refractivity contribution in [3.8, 4) is 0 Å². The van der Waals surface area contributed by atoms with Crippen molar-refractivity contribution in [2.24, 2.45) is 0 Å². The maximum absolute atomic E-state index is 11.0. The van der Waals surface area contributed by atoms with Crippen molar-refractivity contribution in [2.45, 2.75) is 13.0 Å². The van der Waals surface area contributed by atoms with E-state index in [0.717, 1.165) is 33.1 Å². The lowest BCUT2D eigenvalue weighted by Crippen LogP contribution is -2.08. The number of hydrogen-bond donors (Lipinski definition) is 1. The van der Waals surface area contributed by atoms with Gasteiger partial charge in [-0.05, 0) is 25.1 Å². The van der Waals surface area contributed by atoms with Crippen LogP contribution < -0.4 is 0 Å². The highest BCUT2D eigenvalue weighted by Gasteiger charge is 2.20. The van der Waals surface area contributed by atoms with Crippen molar-refractivity contribution in [1.82, 2.24) is 15.0 Å². The maximum Gasteiger partial charge on any atom is 0.161 e. The van der Waals surface area contributed by atoms with Gasteiger partial charge in [-0.2, -0.15) is 0 Å². The lowest BCUT2D eigenvalue weighted by atomic mass is 9.97. The molecule has 1 N–H and O–H groups in total. The molecule has 0 radical (unpaired) electrons. The van der Waals surface area contributed by atoms with E-state index in [1.807, 2.05) is 61.5 Å². The van der Waals surface area contributed by atoms with Crippen LogP contribution in [0.5, 0.6) is 0 Å². The van der Waals surface area contributed by atoms with Gasteiger partial charge in [-0.1, -0.05) is 36.4 Å². The van der Waals surface area contributed by atoms with Gasteiger partial charge in [0, 0.05) is 28.2 Å². The maximum atomic E-state index is 11.0. The van der Waals surface area contributed by atoms with Gasteiger partial charge in [0.15, 0.2) is 5.82 Å². The molecule has 1 atom stereocenters. The standard InChI is InChI=1S/C19H15N3O/c1-12-10-11-20-19(21-12)18(23)17-13-6-2-4-8-15(13)22-16-9-5-3-7-14(16)17/h2-11,18,23H,1H3. The first-order valence-electron chi connectivity index (χ1n) is 7.49. The van der Waals surface area contributed by atoms with Gasteiger partial charge < -0.3 is 5.11 Å². The molecule has 0 saturated carbocycles. The second-order valence-corrected chi connectivity index (χ2v) is 5.52. The summed E-state index contributed by atoms with van der Waals surface area (Å²) in [5, 5.41) is 12.8. The molecule has 0 spiro atoms. The average Bonchev–Trinajstić information content (AvgIpc) is 2.59. The number of pyridine rings is 1. The van der Waals surface area contributed by atoms with Gasteiger partial charge in [-0.3, -0.25) is 0 Å². The summed E-state index contributed by atoms with van der Waals surface area (Å²) in [6.45, 7) is 1.89. The van der Waals surface area contributed by atoms with Crippen molar-refractivity contribution < 1.29 is 5.11 Å². The Bertz CT molecular complexity index is 959. The summed E-state index contributed by atoms with van der Waals surface area (Å²) in [4.78, 5) is 13.3. The van der Waals surface area contributed by atoms with E-state index in [1.165, 1.54) is 0 Å². The number of benzene rings is 2. The van der Waals surface area contributed by atoms with Crippen LogP contribution in [0, 0.1) is 6.92 Å². The summed E-state index contributed by atoms with van der Waals surface area (Å²) in [5.41, 5.74) is 3.34. The zero-order chi connectivity index (χ0) is 15.8. The molecule has 0 saturated heterocycles. The van der Waals surface area contributed by atoms with Crippen LogP contribution in [-0.4, -0.2) is 20.1 Å². The van der Waals surface area contributed by atoms with Crippen LogP contribution in [0.4, 0.5) is 0 Å². The van der Waals surface area contributed by atoms with E-state index in [4.69, 9.17) is 0 Å². The summed E-state index contributed by atoms with van der Waals surface area (Å²) >= 11 is 0. The third kappa shape index (κ3) is 2.33. The van der Waals surface area contributed by atoms with Crippen molar-refractivity contribution >= 4 is 21.8 Å². The Morgan fingerprint density at radius 2 is 1.43 bits per heavy atom. The van der Waals surface area contributed by atoms with E-state index in [-0.39, 0.29) is 0 Å². The van der Waals surface area contributed by atoms with Gasteiger partial charge in [0.1, 0.15) is 6.10 Å². The molecule has 4 rings (SSSR count). The summed E-state index contributed by atoms with van der Waals surface area (Å²) in [6.07, 6.45) is 0.777. The third-order valence-electron chi connectivity index (χ3n) is 3.96. The molecule has 0 amide bonds. The highest BCUT2D eigenvalue weighted by molar-refractivity contribution is 5.98. The molecule has 112 valence electrons. The SMILES string of the molecule is Cc1ccnc(C(O)c2c3ccccc3nc3ccccc23)n1. The van der Waals surface area contributed by atoms with Gasteiger partial charge in [-0.15, -0.1) is 0 Å². The highest BCUT2D eigenvalue weighted by atomic mass is 16.3. The normalized spacial score (nSPS) is 12.6. The van der Waals surface area contributed by atoms with E-state index in [9.17, 15) is 5.11 Å². The van der Waals surface area contributed by atoms with E-state index >= 15 is 0 Å². The molecular formula is C19H15N3O. The Morgan fingerprint density at radius 3 is 2.04 bits per heavy atom. The number of hydrogen-bond acceptors (Lipinski definition) is 4. The van der Waals surface area contributed by atoms with E-state index in [1.54, 1.807) is 6.20 Å². The molecule has 2 heterocycles. The Labute approximate surface area is 133 Å². The lowest BCUT2D eigenvalue weighted by molar-refractivity contribution is 0.212. The van der Waals surface area contributed by atoms with Gasteiger partial charge >= 0.3 is 0 Å². The number of aliphatic hydroxyl groups is 1. The summed E-state index contributed by atoms with van der Waals surface area (Å²) < 4.78 is 0. The molecule has 0 fully saturated rings. The molecule has 0 aliphatic heterocycles. The molecule has 2 aromatic carbocycles. The number of para-hydroxylation sites is 2. The van der Waals surface area contributed by atoms with Crippen molar-refractivity contribution in [1.29, 1.82) is 0 Å². The Kier molecular flexibility index (Phi) is 3.24. The first kappa shape index (κ1) is 13.8. The Balaban J connectivity index is 2.06. The quantitative estimate of drug-likeness (QED) is 0.575. The Morgan fingerprint density at radius 1 is 0.826 bits per heavy atom. The number of aromatic nitrogens is 3. The number of fused-ring (bicyclic) bond motifs is 2. The number of aryl methyl sites for hydroxylation is 1. The molecule has 0 bridgehead atoms. The van der Waals surface area contributed by atoms with Crippen LogP contribution in [0.2, 0.25) is 0 Å². The fraction of sp³-hybridized carbons (Fsp3) is 0.105. The molecule has 0 aliphatic carbocycles. The molecule has 0 aliphatic rings. The van der Waals surface area contributed by atoms with E-state index in [0.29, 0.717) is 5.82 Å². The summed E-state index contributed by atoms with van der Waals surface area (Å²) in [7, 11) is 0. The van der Waals surface area contributed by atoms with Crippen LogP contribution in [0.25, 0.3) is 21.8 Å². The van der Waals surface area contributed by atoms with E-state index in [2.05, 4.69) is 15.0 Å². The molecule has 4 aromatic rings. The lowest BCUT2D eigenvalue weighted by Gasteiger charge is -2.15. The minimum Gasteiger partial charge on any atom is -0.380 e. The molecule has 2 aromatic heterocycles. The number of rotatable bonds is 2. The fourth-order valence-corrected chi connectivity index (χ4v) is 2.90. The van der Waals surface area contributed by atoms with Crippen LogP contribution in [0.15, 0.2) is 60.8 Å². The van der Waals surface area contributed by atoms with Gasteiger partial charge in [0.2, 0.25) is 0 Å². The monoisotopic (exact) mass is 301 g/mol. The van der Waals surface area contributed by atoms with Crippen molar-refractivity contribution in [3.05, 3.63) is 77.9 Å². The van der Waals surface area contributed by atoms with Crippen LogP contribution in [0.3, 0.4) is 0 Å². The first-order valence-corrected chi connectivity index (χ1v) is 7.49. The second-order valence-electron chi connectivity index (χ2n) is 5.52. The predicted octanol–water partition coefficient (Wildman–Crippen LogP) is 3.57. The fourth-order valence-electron chi connectivity index (χ4n) is 2.90. The molecule has 4 heteroatoms. The molecule has 1 unspecified atom stereocenters. The van der Waals surface area contributed by atoms with E-state index < -0.39 is 6.10 Å². The largest absolute Gasteiger partial charge is 0.380 e. The van der Waals surface area contributed by atoms with Gasteiger partial charge in [0.05, 0.1) is 11.0 Å².